The van der Waals surface area contributed by atoms with Crippen molar-refractivity contribution in [3.05, 3.63) is 65.6 Å². The molecule has 9 nitrogen and oxygen atoms in total. The van der Waals surface area contributed by atoms with E-state index < -0.39 is 16.1 Å². The van der Waals surface area contributed by atoms with E-state index in [1.165, 1.54) is 11.6 Å². The quantitative estimate of drug-likeness (QED) is 0.426. The number of carbonyl (C=O) groups excluding carboxylic acids is 1. The Morgan fingerprint density at radius 2 is 2.00 bits per heavy atom. The average molecular weight is 491 g/mol. The highest BCUT2D eigenvalue weighted by molar-refractivity contribution is 7.90. The van der Waals surface area contributed by atoms with Crippen LogP contribution in [-0.4, -0.2) is 33.8 Å². The summed E-state index contributed by atoms with van der Waals surface area (Å²) in [7, 11) is -4.10. The molecule has 1 fully saturated rings. The first-order valence-electron chi connectivity index (χ1n) is 11.8. The molecule has 4 aromatic rings. The maximum atomic E-state index is 13.0. The summed E-state index contributed by atoms with van der Waals surface area (Å²) in [6.45, 7) is 2.71. The normalized spacial score (nSPS) is 15.3. The van der Waals surface area contributed by atoms with Crippen molar-refractivity contribution < 1.29 is 13.2 Å². The second-order valence-electron chi connectivity index (χ2n) is 9.43. The number of urea groups is 1. The summed E-state index contributed by atoms with van der Waals surface area (Å²) in [5.41, 5.74) is 6.67. The van der Waals surface area contributed by atoms with Gasteiger partial charge in [-0.2, -0.15) is 18.6 Å². The van der Waals surface area contributed by atoms with Gasteiger partial charge in [-0.25, -0.2) is 14.0 Å². The van der Waals surface area contributed by atoms with Crippen LogP contribution in [0.3, 0.4) is 0 Å². The number of rotatable bonds is 6. The van der Waals surface area contributed by atoms with E-state index in [4.69, 9.17) is 0 Å². The summed E-state index contributed by atoms with van der Waals surface area (Å²) in [6.07, 6.45) is 10.3. The zero-order valence-electron chi connectivity index (χ0n) is 19.4. The number of anilines is 1. The average Bonchev–Trinajstić information content (AvgIpc) is 3.20. The molecule has 0 atom stereocenters. The second-order valence-corrected chi connectivity index (χ2v) is 11.1. The highest BCUT2D eigenvalue weighted by Crippen LogP contribution is 2.40. The highest BCUT2D eigenvalue weighted by atomic mass is 32.2. The van der Waals surface area contributed by atoms with Crippen LogP contribution in [0.4, 0.5) is 10.5 Å². The van der Waals surface area contributed by atoms with E-state index in [-0.39, 0.29) is 5.03 Å². The first-order valence-corrected chi connectivity index (χ1v) is 13.3. The lowest BCUT2D eigenvalue weighted by molar-refractivity contribution is 0.256. The first-order chi connectivity index (χ1) is 16.9. The summed E-state index contributed by atoms with van der Waals surface area (Å²) in [6, 6.07) is 8.69. The number of carbonyl (C=O) groups is 1. The number of nitrogens with one attached hydrogen (secondary N) is 2. The molecule has 180 valence electrons. The number of pyridine rings is 1. The minimum atomic E-state index is -4.10. The van der Waals surface area contributed by atoms with Gasteiger partial charge >= 0.3 is 6.03 Å². The van der Waals surface area contributed by atoms with Crippen LogP contribution in [0, 0.1) is 12.8 Å². The molecule has 1 aromatic carbocycles. The van der Waals surface area contributed by atoms with Crippen molar-refractivity contribution in [2.24, 2.45) is 5.92 Å². The predicted octanol–water partition coefficient (Wildman–Crippen LogP) is 3.92. The third-order valence-electron chi connectivity index (χ3n) is 6.78. The molecule has 35 heavy (non-hydrogen) atoms. The Kier molecular flexibility index (Phi) is 5.14. The van der Waals surface area contributed by atoms with Crippen molar-refractivity contribution in [2.75, 3.05) is 5.32 Å². The second kappa shape index (κ2) is 8.23. The molecule has 3 heterocycles. The first kappa shape index (κ1) is 21.8. The Bertz CT molecular complexity index is 1570. The number of hydrogen-bond acceptors (Lipinski definition) is 5. The topological polar surface area (TPSA) is 110 Å². The maximum absolute atomic E-state index is 13.0. The van der Waals surface area contributed by atoms with Gasteiger partial charge in [-0.15, -0.1) is 0 Å². The fourth-order valence-electron chi connectivity index (χ4n) is 4.95. The van der Waals surface area contributed by atoms with Gasteiger partial charge in [-0.3, -0.25) is 4.68 Å². The fourth-order valence-corrected chi connectivity index (χ4v) is 5.80. The largest absolute Gasteiger partial charge is 0.333 e. The number of benzene rings is 1. The standard InChI is InChI=1S/C25H26N6O3S/c1-16-13-18-3-2-4-21(18)24(23(16)19-8-12-31-20(14-19)7-10-26-31)27-25(32)29-35(33,34)22-9-11-30(28-22)15-17-5-6-17/h7-14,17H,2-6,15H2,1H3,(H2,27,29,32). The van der Waals surface area contributed by atoms with Crippen LogP contribution < -0.4 is 10.0 Å². The predicted molar refractivity (Wildman–Crippen MR) is 132 cm³/mol. The molecule has 10 heteroatoms. The Morgan fingerprint density at radius 1 is 1.14 bits per heavy atom. The SMILES string of the molecule is Cc1cc2c(c(NC(=O)NS(=O)(=O)c3ccn(CC4CC4)n3)c1-c1ccn3nccc3c1)CCC2. The third-order valence-corrected chi connectivity index (χ3v) is 8.01. The summed E-state index contributed by atoms with van der Waals surface area (Å²) in [4.78, 5) is 13.0. The summed E-state index contributed by atoms with van der Waals surface area (Å²) in [5, 5.41) is 11.1. The molecule has 2 amide bonds. The number of fused-ring (bicyclic) bond motifs is 2. The van der Waals surface area contributed by atoms with Crippen molar-refractivity contribution >= 4 is 27.3 Å². The molecule has 0 saturated heterocycles. The molecule has 2 aliphatic rings. The van der Waals surface area contributed by atoms with Crippen molar-refractivity contribution in [1.82, 2.24) is 24.1 Å². The summed E-state index contributed by atoms with van der Waals surface area (Å²) < 4.78 is 31.3. The van der Waals surface area contributed by atoms with E-state index >= 15 is 0 Å². The van der Waals surface area contributed by atoms with Crippen LogP contribution in [0.2, 0.25) is 0 Å². The number of aryl methyl sites for hydroxylation is 2. The van der Waals surface area contributed by atoms with Crippen LogP contribution in [0.5, 0.6) is 0 Å². The van der Waals surface area contributed by atoms with E-state index in [0.29, 0.717) is 18.2 Å². The minimum Gasteiger partial charge on any atom is -0.306 e. The third kappa shape index (κ3) is 4.18. The molecule has 0 bridgehead atoms. The van der Waals surface area contributed by atoms with Gasteiger partial charge < -0.3 is 5.32 Å². The van der Waals surface area contributed by atoms with Gasteiger partial charge in [0, 0.05) is 30.7 Å². The van der Waals surface area contributed by atoms with Crippen LogP contribution >= 0.6 is 0 Å². The van der Waals surface area contributed by atoms with Crippen LogP contribution in [0.1, 0.15) is 36.0 Å². The van der Waals surface area contributed by atoms with Gasteiger partial charge in [0.1, 0.15) is 0 Å². The van der Waals surface area contributed by atoms with E-state index in [0.717, 1.165) is 59.9 Å². The van der Waals surface area contributed by atoms with Gasteiger partial charge in [0.2, 0.25) is 0 Å². The summed E-state index contributed by atoms with van der Waals surface area (Å²) in [5.74, 6) is 0.560. The van der Waals surface area contributed by atoms with Crippen LogP contribution in [0.15, 0.2) is 53.9 Å². The number of sulfonamides is 1. The Balaban J connectivity index is 1.32. The molecule has 2 N–H and O–H groups in total. The van der Waals surface area contributed by atoms with Crippen molar-refractivity contribution in [1.29, 1.82) is 0 Å². The van der Waals surface area contributed by atoms with Gasteiger partial charge in [0.05, 0.1) is 11.2 Å². The van der Waals surface area contributed by atoms with Crippen molar-refractivity contribution in [3.8, 4) is 11.1 Å². The Morgan fingerprint density at radius 3 is 2.83 bits per heavy atom. The van der Waals surface area contributed by atoms with E-state index in [9.17, 15) is 13.2 Å². The molecule has 2 aliphatic carbocycles. The minimum absolute atomic E-state index is 0.158. The van der Waals surface area contributed by atoms with Crippen molar-refractivity contribution in [3.63, 3.8) is 0 Å². The molecule has 0 unspecified atom stereocenters. The molecule has 3 aromatic heterocycles. The smallest absolute Gasteiger partial charge is 0.306 e. The summed E-state index contributed by atoms with van der Waals surface area (Å²) >= 11 is 0. The molecular formula is C25H26N6O3S. The lowest BCUT2D eigenvalue weighted by atomic mass is 9.93. The molecule has 0 radical (unpaired) electrons. The van der Waals surface area contributed by atoms with Gasteiger partial charge in [-0.1, -0.05) is 6.07 Å². The molecule has 6 rings (SSSR count). The van der Waals surface area contributed by atoms with Gasteiger partial charge in [0.15, 0.2) is 5.03 Å². The zero-order chi connectivity index (χ0) is 24.2. The van der Waals surface area contributed by atoms with E-state index in [1.807, 2.05) is 31.3 Å². The van der Waals surface area contributed by atoms with Crippen LogP contribution in [0.25, 0.3) is 16.6 Å². The zero-order valence-corrected chi connectivity index (χ0v) is 20.2. The van der Waals surface area contributed by atoms with E-state index in [1.54, 1.807) is 21.6 Å². The number of nitrogens with zero attached hydrogens (tertiary/aromatic N) is 4. The number of amides is 2. The Hall–Kier alpha value is -3.66. The monoisotopic (exact) mass is 490 g/mol. The van der Waals surface area contributed by atoms with E-state index in [2.05, 4.69) is 26.3 Å². The number of aromatic nitrogens is 4. The fraction of sp³-hybridized carbons (Fsp3) is 0.320. The number of hydrogen-bond donors (Lipinski definition) is 2. The lowest BCUT2D eigenvalue weighted by Crippen LogP contribution is -2.35. The van der Waals surface area contributed by atoms with Crippen molar-refractivity contribution in [2.45, 2.75) is 50.6 Å². The van der Waals surface area contributed by atoms with Gasteiger partial charge in [0.25, 0.3) is 10.0 Å². The molecular weight excluding hydrogens is 464 g/mol. The molecule has 0 aliphatic heterocycles. The Labute approximate surface area is 203 Å². The van der Waals surface area contributed by atoms with Gasteiger partial charge in [-0.05, 0) is 91.5 Å². The highest BCUT2D eigenvalue weighted by Gasteiger charge is 2.27. The van der Waals surface area contributed by atoms with Crippen LogP contribution in [-0.2, 0) is 29.4 Å². The lowest BCUT2D eigenvalue weighted by Gasteiger charge is -2.19. The molecule has 0 spiro atoms. The molecule has 1 saturated carbocycles. The maximum Gasteiger partial charge on any atom is 0.333 e.